The maximum absolute atomic E-state index is 5.45. The van der Waals surface area contributed by atoms with Gasteiger partial charge in [-0.3, -0.25) is 9.67 Å². The summed E-state index contributed by atoms with van der Waals surface area (Å²) < 4.78 is 9.63. The van der Waals surface area contributed by atoms with Gasteiger partial charge in [0.15, 0.2) is 5.82 Å². The van der Waals surface area contributed by atoms with Crippen molar-refractivity contribution >= 4 is 0 Å². The molecule has 130 valence electrons. The Labute approximate surface area is 146 Å². The van der Waals surface area contributed by atoms with E-state index in [0.29, 0.717) is 6.61 Å². The SMILES string of the molecule is COC[C@@H](c1ccccn1)n1ccnc1-c1cc2n(n1)CCCNC2. The molecule has 25 heavy (non-hydrogen) atoms. The number of nitrogens with zero attached hydrogens (tertiary/aromatic N) is 5. The van der Waals surface area contributed by atoms with Crippen molar-refractivity contribution in [1.29, 1.82) is 0 Å². The van der Waals surface area contributed by atoms with Crippen LogP contribution in [-0.4, -0.2) is 44.6 Å². The smallest absolute Gasteiger partial charge is 0.161 e. The van der Waals surface area contributed by atoms with E-state index in [9.17, 15) is 0 Å². The molecule has 0 radical (unpaired) electrons. The highest BCUT2D eigenvalue weighted by Crippen LogP contribution is 2.25. The van der Waals surface area contributed by atoms with Gasteiger partial charge in [-0.2, -0.15) is 5.10 Å². The standard InChI is InChI=1S/C18H22N6O/c1-25-13-17(15-5-2-3-7-20-15)23-10-8-21-18(23)16-11-14-12-19-6-4-9-24(14)22-16/h2-3,5,7-8,10-11,17,19H,4,6,9,12-13H2,1H3/t17-/m0/s1. The van der Waals surface area contributed by atoms with Crippen LogP contribution < -0.4 is 5.32 Å². The molecule has 1 atom stereocenters. The zero-order valence-electron chi connectivity index (χ0n) is 14.3. The summed E-state index contributed by atoms with van der Waals surface area (Å²) in [7, 11) is 1.71. The molecule has 0 spiro atoms. The minimum absolute atomic E-state index is 0.0386. The van der Waals surface area contributed by atoms with Gasteiger partial charge < -0.3 is 14.6 Å². The Balaban J connectivity index is 1.72. The number of fused-ring (bicyclic) bond motifs is 1. The van der Waals surface area contributed by atoms with Crippen LogP contribution in [0.3, 0.4) is 0 Å². The Morgan fingerprint density at radius 3 is 3.08 bits per heavy atom. The Bertz CT molecular complexity index is 802. The number of ether oxygens (including phenoxy) is 1. The molecule has 0 amide bonds. The van der Waals surface area contributed by atoms with E-state index in [1.165, 1.54) is 5.69 Å². The fourth-order valence-corrected chi connectivity index (χ4v) is 3.27. The molecule has 0 fully saturated rings. The second kappa shape index (κ2) is 7.16. The van der Waals surface area contributed by atoms with Crippen molar-refractivity contribution in [3.63, 3.8) is 0 Å². The van der Waals surface area contributed by atoms with Gasteiger partial charge in [0.25, 0.3) is 0 Å². The highest BCUT2D eigenvalue weighted by Gasteiger charge is 2.21. The van der Waals surface area contributed by atoms with E-state index >= 15 is 0 Å². The zero-order valence-corrected chi connectivity index (χ0v) is 14.3. The first-order valence-corrected chi connectivity index (χ1v) is 8.57. The van der Waals surface area contributed by atoms with Crippen molar-refractivity contribution in [3.05, 3.63) is 54.2 Å². The number of nitrogens with one attached hydrogen (secondary N) is 1. The summed E-state index contributed by atoms with van der Waals surface area (Å²) in [6.07, 6.45) is 6.67. The molecule has 0 saturated heterocycles. The number of pyridine rings is 1. The van der Waals surface area contributed by atoms with E-state index in [1.807, 2.05) is 30.6 Å². The zero-order chi connectivity index (χ0) is 17.1. The van der Waals surface area contributed by atoms with Crippen LogP contribution in [0.25, 0.3) is 11.5 Å². The third-order valence-electron chi connectivity index (χ3n) is 4.48. The molecule has 0 saturated carbocycles. The third-order valence-corrected chi connectivity index (χ3v) is 4.48. The molecule has 0 aliphatic carbocycles. The predicted molar refractivity (Wildman–Crippen MR) is 94.0 cm³/mol. The number of methoxy groups -OCH3 is 1. The minimum atomic E-state index is -0.0386. The maximum atomic E-state index is 5.45. The van der Waals surface area contributed by atoms with Crippen LogP contribution in [0.2, 0.25) is 0 Å². The van der Waals surface area contributed by atoms with Crippen molar-refractivity contribution in [2.75, 3.05) is 20.3 Å². The van der Waals surface area contributed by atoms with Crippen LogP contribution in [-0.2, 0) is 17.8 Å². The normalized spacial score (nSPS) is 15.6. The van der Waals surface area contributed by atoms with Crippen LogP contribution in [0.15, 0.2) is 42.9 Å². The molecule has 0 unspecified atom stereocenters. The molecule has 0 aromatic carbocycles. The predicted octanol–water partition coefficient (Wildman–Crippen LogP) is 1.87. The van der Waals surface area contributed by atoms with E-state index in [-0.39, 0.29) is 6.04 Å². The van der Waals surface area contributed by atoms with Gasteiger partial charge in [0.2, 0.25) is 0 Å². The lowest BCUT2D eigenvalue weighted by Crippen LogP contribution is -2.18. The topological polar surface area (TPSA) is 69.8 Å². The second-order valence-corrected chi connectivity index (χ2v) is 6.16. The molecule has 3 aromatic heterocycles. The number of rotatable bonds is 5. The van der Waals surface area contributed by atoms with Gasteiger partial charge in [0.05, 0.1) is 18.0 Å². The Hall–Kier alpha value is -2.51. The lowest BCUT2D eigenvalue weighted by atomic mass is 10.2. The second-order valence-electron chi connectivity index (χ2n) is 6.16. The number of aryl methyl sites for hydroxylation is 1. The third kappa shape index (κ3) is 3.20. The van der Waals surface area contributed by atoms with Crippen molar-refractivity contribution < 1.29 is 4.74 Å². The molecule has 1 aliphatic heterocycles. The van der Waals surface area contributed by atoms with E-state index in [4.69, 9.17) is 9.84 Å². The monoisotopic (exact) mass is 338 g/mol. The van der Waals surface area contributed by atoms with Gasteiger partial charge in [-0.05, 0) is 31.2 Å². The Morgan fingerprint density at radius 2 is 2.24 bits per heavy atom. The van der Waals surface area contributed by atoms with Crippen molar-refractivity contribution in [2.45, 2.75) is 25.6 Å². The number of hydrogen-bond acceptors (Lipinski definition) is 5. The van der Waals surface area contributed by atoms with Crippen LogP contribution in [0.4, 0.5) is 0 Å². The molecule has 7 heteroatoms. The highest BCUT2D eigenvalue weighted by molar-refractivity contribution is 5.51. The van der Waals surface area contributed by atoms with Gasteiger partial charge in [-0.25, -0.2) is 4.98 Å². The van der Waals surface area contributed by atoms with E-state index in [2.05, 4.69) is 30.6 Å². The quantitative estimate of drug-likeness (QED) is 0.769. The van der Waals surface area contributed by atoms with Crippen molar-refractivity contribution in [3.8, 4) is 11.5 Å². The Kier molecular flexibility index (Phi) is 4.58. The summed E-state index contributed by atoms with van der Waals surface area (Å²) >= 11 is 0. The Morgan fingerprint density at radius 1 is 1.28 bits per heavy atom. The average Bonchev–Trinajstić information content (AvgIpc) is 3.22. The van der Waals surface area contributed by atoms with Crippen molar-refractivity contribution in [2.24, 2.45) is 0 Å². The first-order valence-electron chi connectivity index (χ1n) is 8.57. The van der Waals surface area contributed by atoms with Crippen LogP contribution in [0.1, 0.15) is 23.9 Å². The van der Waals surface area contributed by atoms with E-state index in [1.54, 1.807) is 13.3 Å². The highest BCUT2D eigenvalue weighted by atomic mass is 16.5. The molecule has 4 rings (SSSR count). The largest absolute Gasteiger partial charge is 0.382 e. The fourth-order valence-electron chi connectivity index (χ4n) is 3.27. The molecule has 3 aromatic rings. The average molecular weight is 338 g/mol. The molecular weight excluding hydrogens is 316 g/mol. The summed E-state index contributed by atoms with van der Waals surface area (Å²) in [5, 5.41) is 8.21. The van der Waals surface area contributed by atoms with Gasteiger partial charge in [0, 0.05) is 38.8 Å². The summed E-state index contributed by atoms with van der Waals surface area (Å²) in [5.74, 6) is 0.841. The lowest BCUT2D eigenvalue weighted by molar-refractivity contribution is 0.168. The summed E-state index contributed by atoms with van der Waals surface area (Å²) in [4.78, 5) is 9.07. The minimum Gasteiger partial charge on any atom is -0.382 e. The number of aromatic nitrogens is 5. The molecule has 0 bridgehead atoms. The van der Waals surface area contributed by atoms with Crippen LogP contribution in [0.5, 0.6) is 0 Å². The number of imidazole rings is 1. The van der Waals surface area contributed by atoms with Crippen LogP contribution in [0, 0.1) is 0 Å². The van der Waals surface area contributed by atoms with Gasteiger partial charge in [-0.15, -0.1) is 0 Å². The molecule has 1 N–H and O–H groups in total. The van der Waals surface area contributed by atoms with E-state index < -0.39 is 0 Å². The first kappa shape index (κ1) is 16.0. The lowest BCUT2D eigenvalue weighted by Gasteiger charge is -2.19. The van der Waals surface area contributed by atoms with Crippen LogP contribution >= 0.6 is 0 Å². The van der Waals surface area contributed by atoms with Gasteiger partial charge in [-0.1, -0.05) is 6.07 Å². The summed E-state index contributed by atoms with van der Waals surface area (Å²) in [6, 6.07) is 8.01. The first-order chi connectivity index (χ1) is 12.4. The maximum Gasteiger partial charge on any atom is 0.161 e. The summed E-state index contributed by atoms with van der Waals surface area (Å²) in [5.41, 5.74) is 3.04. The number of hydrogen-bond donors (Lipinski definition) is 1. The summed E-state index contributed by atoms with van der Waals surface area (Å²) in [6.45, 7) is 3.33. The molecule has 1 aliphatic rings. The van der Waals surface area contributed by atoms with E-state index in [0.717, 1.165) is 43.3 Å². The fraction of sp³-hybridized carbons (Fsp3) is 0.389. The van der Waals surface area contributed by atoms with Gasteiger partial charge in [0.1, 0.15) is 11.7 Å². The molecule has 4 heterocycles. The van der Waals surface area contributed by atoms with Gasteiger partial charge >= 0.3 is 0 Å². The molecular formula is C18H22N6O. The van der Waals surface area contributed by atoms with Crippen molar-refractivity contribution in [1.82, 2.24) is 29.6 Å². The molecule has 7 nitrogen and oxygen atoms in total.